The third-order valence-corrected chi connectivity index (χ3v) is 3.77. The summed E-state index contributed by atoms with van der Waals surface area (Å²) in [7, 11) is 0. The maximum Gasteiger partial charge on any atom is 0.410 e. The molecular weight excluding hydrogens is 218 g/mol. The van der Waals surface area contributed by atoms with E-state index in [-0.39, 0.29) is 24.8 Å². The summed E-state index contributed by atoms with van der Waals surface area (Å²) in [4.78, 5) is 14.0. The fraction of sp³-hybridized carbons (Fsp3) is 0.923. The summed E-state index contributed by atoms with van der Waals surface area (Å²) in [6.07, 6.45) is 4.11. The van der Waals surface area contributed by atoms with Crippen molar-refractivity contribution in [1.82, 2.24) is 4.90 Å². The lowest BCUT2D eigenvalue weighted by Gasteiger charge is -2.31. The smallest absolute Gasteiger partial charge is 0.410 e. The lowest BCUT2D eigenvalue weighted by atomic mass is 9.87. The maximum absolute atomic E-state index is 12.2. The molecule has 1 saturated heterocycles. The average molecular weight is 241 g/mol. The molecule has 4 nitrogen and oxygen atoms in total. The Morgan fingerprint density at radius 3 is 2.71 bits per heavy atom. The van der Waals surface area contributed by atoms with Crippen molar-refractivity contribution in [2.24, 2.45) is 5.92 Å². The molecule has 2 aliphatic rings. The average Bonchev–Trinajstić information content (AvgIpc) is 2.46. The van der Waals surface area contributed by atoms with Crippen molar-refractivity contribution >= 4 is 6.09 Å². The van der Waals surface area contributed by atoms with Gasteiger partial charge in [-0.3, -0.25) is 4.90 Å². The van der Waals surface area contributed by atoms with Gasteiger partial charge in [-0.05, 0) is 46.0 Å². The van der Waals surface area contributed by atoms with Gasteiger partial charge in [0.05, 0.1) is 12.6 Å². The minimum absolute atomic E-state index is 0.0302. The number of amides is 1. The van der Waals surface area contributed by atoms with Crippen LogP contribution in [-0.2, 0) is 4.74 Å². The Kier molecular flexibility index (Phi) is 3.34. The van der Waals surface area contributed by atoms with Crippen molar-refractivity contribution in [1.29, 1.82) is 0 Å². The topological polar surface area (TPSA) is 49.8 Å². The number of aliphatic hydroxyl groups is 1. The largest absolute Gasteiger partial charge is 0.444 e. The van der Waals surface area contributed by atoms with Gasteiger partial charge in [-0.15, -0.1) is 0 Å². The molecular formula is C13H23NO3. The Morgan fingerprint density at radius 1 is 1.41 bits per heavy atom. The summed E-state index contributed by atoms with van der Waals surface area (Å²) < 4.78 is 5.44. The SMILES string of the molecule is CC(C)(C)OC(=O)N1C2CCCC(C2)[C@H]1CO. The number of carbonyl (C=O) groups is 1. The Balaban J connectivity index is 2.10. The lowest BCUT2D eigenvalue weighted by Crippen LogP contribution is -2.45. The first-order valence-corrected chi connectivity index (χ1v) is 6.54. The molecule has 2 bridgehead atoms. The molecule has 3 atom stereocenters. The number of carbonyl (C=O) groups excluding carboxylic acids is 1. The van der Waals surface area contributed by atoms with Gasteiger partial charge in [0.2, 0.25) is 0 Å². The van der Waals surface area contributed by atoms with Crippen LogP contribution >= 0.6 is 0 Å². The fourth-order valence-corrected chi connectivity index (χ4v) is 3.14. The van der Waals surface area contributed by atoms with Crippen molar-refractivity contribution in [2.45, 2.75) is 64.1 Å². The molecule has 1 saturated carbocycles. The molecule has 4 heteroatoms. The number of aliphatic hydroxyl groups excluding tert-OH is 1. The summed E-state index contributed by atoms with van der Waals surface area (Å²) in [5.41, 5.74) is -0.465. The summed E-state index contributed by atoms with van der Waals surface area (Å²) >= 11 is 0. The predicted octanol–water partition coefficient (Wildman–Crippen LogP) is 2.16. The molecule has 2 unspecified atom stereocenters. The standard InChI is InChI=1S/C13H23NO3/c1-13(2,3)17-12(16)14-10-6-4-5-9(7-10)11(14)8-15/h9-11,15H,4-8H2,1-3H3/t9?,10?,11-/m1/s1. The van der Waals surface area contributed by atoms with E-state index in [0.29, 0.717) is 5.92 Å². The van der Waals surface area contributed by atoms with Crippen LogP contribution in [0.4, 0.5) is 4.79 Å². The van der Waals surface area contributed by atoms with Crippen LogP contribution in [0.5, 0.6) is 0 Å². The van der Waals surface area contributed by atoms with Crippen LogP contribution in [0.3, 0.4) is 0 Å². The van der Waals surface area contributed by atoms with Crippen molar-refractivity contribution in [3.05, 3.63) is 0 Å². The number of hydrogen-bond donors (Lipinski definition) is 1. The minimum Gasteiger partial charge on any atom is -0.444 e. The van der Waals surface area contributed by atoms with E-state index >= 15 is 0 Å². The third-order valence-electron chi connectivity index (χ3n) is 3.77. The van der Waals surface area contributed by atoms with Gasteiger partial charge < -0.3 is 9.84 Å². The minimum atomic E-state index is -0.465. The highest BCUT2D eigenvalue weighted by atomic mass is 16.6. The van der Waals surface area contributed by atoms with Gasteiger partial charge in [0.1, 0.15) is 5.60 Å². The fourth-order valence-electron chi connectivity index (χ4n) is 3.14. The van der Waals surface area contributed by atoms with Gasteiger partial charge in [-0.25, -0.2) is 4.79 Å². The molecule has 1 amide bonds. The Bertz CT molecular complexity index is 298. The van der Waals surface area contributed by atoms with Crippen LogP contribution in [0.25, 0.3) is 0 Å². The van der Waals surface area contributed by atoms with Crippen LogP contribution in [0, 0.1) is 5.92 Å². The maximum atomic E-state index is 12.2. The van der Waals surface area contributed by atoms with Gasteiger partial charge >= 0.3 is 6.09 Å². The summed E-state index contributed by atoms with van der Waals surface area (Å²) in [6.45, 7) is 5.68. The van der Waals surface area contributed by atoms with E-state index in [1.54, 1.807) is 4.90 Å². The predicted molar refractivity (Wildman–Crippen MR) is 64.7 cm³/mol. The Labute approximate surface area is 103 Å². The van der Waals surface area contributed by atoms with E-state index in [4.69, 9.17) is 4.74 Å². The number of likely N-dealkylation sites (tertiary alicyclic amines) is 1. The first kappa shape index (κ1) is 12.7. The van der Waals surface area contributed by atoms with E-state index in [1.165, 1.54) is 0 Å². The molecule has 1 aliphatic heterocycles. The highest BCUT2D eigenvalue weighted by Gasteiger charge is 2.46. The number of hydrogen-bond acceptors (Lipinski definition) is 3. The molecule has 2 fully saturated rings. The summed E-state index contributed by atoms with van der Waals surface area (Å²) in [6, 6.07) is 0.248. The number of nitrogens with zero attached hydrogens (tertiary/aromatic N) is 1. The molecule has 1 aliphatic carbocycles. The highest BCUT2D eigenvalue weighted by Crippen LogP contribution is 2.40. The number of rotatable bonds is 1. The van der Waals surface area contributed by atoms with E-state index < -0.39 is 5.60 Å². The second-order valence-electron chi connectivity index (χ2n) is 6.22. The van der Waals surface area contributed by atoms with E-state index in [1.807, 2.05) is 20.8 Å². The Morgan fingerprint density at radius 2 is 2.12 bits per heavy atom. The number of ether oxygens (including phenoxy) is 1. The summed E-state index contributed by atoms with van der Waals surface area (Å²) in [5.74, 6) is 0.464. The van der Waals surface area contributed by atoms with Crippen molar-refractivity contribution < 1.29 is 14.6 Å². The van der Waals surface area contributed by atoms with Crippen molar-refractivity contribution in [3.63, 3.8) is 0 Å². The monoisotopic (exact) mass is 241 g/mol. The van der Waals surface area contributed by atoms with Gasteiger partial charge in [0, 0.05) is 6.04 Å². The van der Waals surface area contributed by atoms with E-state index in [2.05, 4.69) is 0 Å². The number of fused-ring (bicyclic) bond motifs is 2. The van der Waals surface area contributed by atoms with Gasteiger partial charge in [-0.1, -0.05) is 6.42 Å². The first-order chi connectivity index (χ1) is 7.92. The molecule has 1 N–H and O–H groups in total. The second kappa shape index (κ2) is 4.48. The highest BCUT2D eigenvalue weighted by molar-refractivity contribution is 5.69. The molecule has 0 spiro atoms. The molecule has 17 heavy (non-hydrogen) atoms. The van der Waals surface area contributed by atoms with E-state index in [9.17, 15) is 9.90 Å². The molecule has 2 rings (SSSR count). The zero-order valence-corrected chi connectivity index (χ0v) is 11.0. The Hall–Kier alpha value is -0.770. The molecule has 0 aromatic rings. The third kappa shape index (κ3) is 2.57. The lowest BCUT2D eigenvalue weighted by molar-refractivity contribution is 0.00777. The van der Waals surface area contributed by atoms with Gasteiger partial charge in [0.25, 0.3) is 0 Å². The van der Waals surface area contributed by atoms with Gasteiger partial charge in [-0.2, -0.15) is 0 Å². The van der Waals surface area contributed by atoms with Crippen molar-refractivity contribution in [2.75, 3.05) is 6.61 Å². The van der Waals surface area contributed by atoms with Gasteiger partial charge in [0.15, 0.2) is 0 Å². The zero-order chi connectivity index (χ0) is 12.6. The molecule has 98 valence electrons. The quantitative estimate of drug-likeness (QED) is 0.765. The molecule has 0 aromatic heterocycles. The molecule has 0 radical (unpaired) electrons. The van der Waals surface area contributed by atoms with Crippen LogP contribution in [-0.4, -0.2) is 40.4 Å². The zero-order valence-electron chi connectivity index (χ0n) is 11.0. The summed E-state index contributed by atoms with van der Waals surface area (Å²) in [5, 5.41) is 9.48. The molecule has 1 heterocycles. The second-order valence-corrected chi connectivity index (χ2v) is 6.22. The first-order valence-electron chi connectivity index (χ1n) is 6.54. The molecule has 0 aromatic carbocycles. The normalized spacial score (nSPS) is 32.7. The van der Waals surface area contributed by atoms with Crippen LogP contribution in [0.15, 0.2) is 0 Å². The van der Waals surface area contributed by atoms with Crippen molar-refractivity contribution in [3.8, 4) is 0 Å². The van der Waals surface area contributed by atoms with Crippen LogP contribution < -0.4 is 0 Å². The van der Waals surface area contributed by atoms with Crippen LogP contribution in [0.1, 0.15) is 46.5 Å². The van der Waals surface area contributed by atoms with E-state index in [0.717, 1.165) is 25.7 Å². The van der Waals surface area contributed by atoms with Crippen LogP contribution in [0.2, 0.25) is 0 Å².